The number of aromatic nitrogens is 7. The Hall–Kier alpha value is -4.92. The summed E-state index contributed by atoms with van der Waals surface area (Å²) in [5, 5.41) is 10.9. The maximum atomic E-state index is 12.4. The molecule has 42 heavy (non-hydrogen) atoms. The highest BCUT2D eigenvalue weighted by Crippen LogP contribution is 2.29. The van der Waals surface area contributed by atoms with Gasteiger partial charge in [0, 0.05) is 38.7 Å². The molecule has 5 aromatic rings. The first-order valence-corrected chi connectivity index (χ1v) is 12.9. The fraction of sp³-hybridized carbons (Fsp3) is 0.296. The molecule has 0 bridgehead atoms. The summed E-state index contributed by atoms with van der Waals surface area (Å²) in [4.78, 5) is 22.2. The summed E-state index contributed by atoms with van der Waals surface area (Å²) in [6.45, 7) is 3.57. The zero-order valence-corrected chi connectivity index (χ0v) is 23.7. The van der Waals surface area contributed by atoms with Crippen molar-refractivity contribution in [3.63, 3.8) is 0 Å². The van der Waals surface area contributed by atoms with Gasteiger partial charge in [0.2, 0.25) is 11.9 Å². The molecule has 0 amide bonds. The summed E-state index contributed by atoms with van der Waals surface area (Å²) in [5.41, 5.74) is 4.20. The number of ether oxygens (including phenoxy) is 1. The third-order valence-electron chi connectivity index (χ3n) is 6.38. The zero-order chi connectivity index (χ0) is 30.0. The van der Waals surface area contributed by atoms with E-state index in [2.05, 4.69) is 45.3 Å². The van der Waals surface area contributed by atoms with Gasteiger partial charge in [-0.15, -0.1) is 13.2 Å². The Kier molecular flexibility index (Phi) is 7.85. The first kappa shape index (κ1) is 28.6. The first-order valence-electron chi connectivity index (χ1n) is 12.9. The Morgan fingerprint density at radius 2 is 1.76 bits per heavy atom. The number of anilines is 6. The summed E-state index contributed by atoms with van der Waals surface area (Å²) < 4.78 is 44.9. The molecule has 4 aromatic heterocycles. The monoisotopic (exact) mass is 581 g/mol. The number of likely N-dealkylation sites (N-methyl/N-ethyl adjacent to an activating group) is 1. The quantitative estimate of drug-likeness (QED) is 0.234. The van der Waals surface area contributed by atoms with Crippen LogP contribution in [0.4, 0.5) is 47.9 Å². The average molecular weight is 582 g/mol. The highest BCUT2D eigenvalue weighted by molar-refractivity contribution is 5.80. The summed E-state index contributed by atoms with van der Waals surface area (Å²) >= 11 is 0. The number of nitrogens with one attached hydrogen (secondary N) is 2. The van der Waals surface area contributed by atoms with E-state index in [4.69, 9.17) is 0 Å². The molecule has 1 aromatic carbocycles. The molecule has 0 unspecified atom stereocenters. The molecule has 0 radical (unpaired) electrons. The van der Waals surface area contributed by atoms with E-state index in [0.717, 1.165) is 30.2 Å². The van der Waals surface area contributed by atoms with E-state index in [0.29, 0.717) is 34.6 Å². The van der Waals surface area contributed by atoms with Crippen LogP contribution >= 0.6 is 0 Å². The molecule has 0 fully saturated rings. The van der Waals surface area contributed by atoms with Crippen LogP contribution in [0.1, 0.15) is 5.69 Å². The molecule has 4 heterocycles. The predicted molar refractivity (Wildman–Crippen MR) is 154 cm³/mol. The molecular weight excluding hydrogens is 551 g/mol. The molecule has 12 nitrogen and oxygen atoms in total. The standard InChI is InChI=1S/C27H30F3N11O/c1-17-22(16-41(37-17)13-12-38(2)3)34-25-31-11-10-23(36-25)39(4)19-14-21-24(32-15-19)40(5)26(35-21)33-18-6-8-20(9-7-18)42-27(28,29)30/h6-11,14-16H,12-13H2,1-5H3,(H,33,35)(H,31,34,36). The molecular formula is C27H30F3N11O. The van der Waals surface area contributed by atoms with Gasteiger partial charge in [-0.1, -0.05) is 0 Å². The summed E-state index contributed by atoms with van der Waals surface area (Å²) in [5.74, 6) is 1.24. The second-order valence-corrected chi connectivity index (χ2v) is 9.84. The lowest BCUT2D eigenvalue weighted by molar-refractivity contribution is -0.274. The van der Waals surface area contributed by atoms with Gasteiger partial charge in [-0.05, 0) is 57.4 Å². The summed E-state index contributed by atoms with van der Waals surface area (Å²) in [6.07, 6.45) is 0.577. The Morgan fingerprint density at radius 3 is 2.48 bits per heavy atom. The van der Waals surface area contributed by atoms with Crippen LogP contribution in [0, 0.1) is 6.92 Å². The molecule has 0 atom stereocenters. The Morgan fingerprint density at radius 1 is 1.00 bits per heavy atom. The van der Waals surface area contributed by atoms with Crippen LogP contribution < -0.4 is 20.3 Å². The van der Waals surface area contributed by atoms with E-state index in [1.807, 2.05) is 49.9 Å². The molecule has 0 spiro atoms. The third kappa shape index (κ3) is 6.68. The van der Waals surface area contributed by atoms with Crippen molar-refractivity contribution in [2.75, 3.05) is 43.2 Å². The van der Waals surface area contributed by atoms with E-state index >= 15 is 0 Å². The fourth-order valence-corrected chi connectivity index (χ4v) is 4.14. The molecule has 220 valence electrons. The smallest absolute Gasteiger partial charge is 0.406 e. The van der Waals surface area contributed by atoms with E-state index in [9.17, 15) is 13.2 Å². The molecule has 5 rings (SSSR count). The predicted octanol–water partition coefficient (Wildman–Crippen LogP) is 4.98. The van der Waals surface area contributed by atoms with Crippen LogP contribution in [0.2, 0.25) is 0 Å². The Bertz CT molecular complexity index is 1680. The lowest BCUT2D eigenvalue weighted by Gasteiger charge is -2.18. The normalized spacial score (nSPS) is 11.7. The van der Waals surface area contributed by atoms with Crippen LogP contribution in [0.3, 0.4) is 0 Å². The van der Waals surface area contributed by atoms with Crippen molar-refractivity contribution >= 4 is 45.9 Å². The minimum atomic E-state index is -4.75. The van der Waals surface area contributed by atoms with Crippen LogP contribution in [-0.2, 0) is 13.6 Å². The number of halogens is 3. The first-order chi connectivity index (χ1) is 19.9. The van der Waals surface area contributed by atoms with Gasteiger partial charge in [-0.3, -0.25) is 9.25 Å². The van der Waals surface area contributed by atoms with E-state index < -0.39 is 6.36 Å². The van der Waals surface area contributed by atoms with Crippen LogP contribution in [0.15, 0.2) is 55.0 Å². The number of hydrogen-bond donors (Lipinski definition) is 2. The summed E-state index contributed by atoms with van der Waals surface area (Å²) in [7, 11) is 7.70. The van der Waals surface area contributed by atoms with E-state index in [-0.39, 0.29) is 5.75 Å². The SMILES string of the molecule is Cc1nn(CCN(C)C)cc1Nc1nccc(N(C)c2cnc3c(c2)nc(Nc2ccc(OC(F)(F)F)cc2)n3C)n1. The molecule has 2 N–H and O–H groups in total. The highest BCUT2D eigenvalue weighted by atomic mass is 19.4. The molecule has 0 aliphatic heterocycles. The molecule has 0 aliphatic rings. The number of pyridine rings is 1. The van der Waals surface area contributed by atoms with Gasteiger partial charge < -0.3 is 25.2 Å². The Labute approximate surface area is 239 Å². The van der Waals surface area contributed by atoms with Crippen molar-refractivity contribution in [1.82, 2.24) is 39.2 Å². The number of nitrogens with zero attached hydrogens (tertiary/aromatic N) is 9. The lowest BCUT2D eigenvalue weighted by atomic mass is 10.3. The van der Waals surface area contributed by atoms with Gasteiger partial charge >= 0.3 is 6.36 Å². The largest absolute Gasteiger partial charge is 0.573 e. The van der Waals surface area contributed by atoms with Gasteiger partial charge in [0.05, 0.1) is 29.8 Å². The van der Waals surface area contributed by atoms with E-state index in [1.165, 1.54) is 24.3 Å². The number of hydrogen-bond acceptors (Lipinski definition) is 10. The molecule has 0 saturated carbocycles. The van der Waals surface area contributed by atoms with Crippen molar-refractivity contribution in [1.29, 1.82) is 0 Å². The molecule has 15 heteroatoms. The minimum absolute atomic E-state index is 0.305. The number of benzene rings is 1. The topological polar surface area (TPSA) is 114 Å². The second-order valence-electron chi connectivity index (χ2n) is 9.84. The average Bonchev–Trinajstić information content (AvgIpc) is 3.45. The van der Waals surface area contributed by atoms with Crippen molar-refractivity contribution in [3.8, 4) is 5.75 Å². The Balaban J connectivity index is 1.31. The van der Waals surface area contributed by atoms with Crippen molar-refractivity contribution < 1.29 is 17.9 Å². The molecule has 0 aliphatic carbocycles. The van der Waals surface area contributed by atoms with Crippen molar-refractivity contribution in [2.45, 2.75) is 19.8 Å². The van der Waals surface area contributed by atoms with Crippen LogP contribution in [-0.4, -0.2) is 73.2 Å². The number of rotatable bonds is 10. The third-order valence-corrected chi connectivity index (χ3v) is 6.38. The van der Waals surface area contributed by atoms with Gasteiger partial charge in [0.25, 0.3) is 0 Å². The summed E-state index contributed by atoms with van der Waals surface area (Å²) in [6, 6.07) is 9.08. The fourth-order valence-electron chi connectivity index (χ4n) is 4.14. The minimum Gasteiger partial charge on any atom is -0.406 e. The second kappa shape index (κ2) is 11.5. The number of imidazole rings is 1. The van der Waals surface area contributed by atoms with Gasteiger partial charge in [-0.2, -0.15) is 10.1 Å². The van der Waals surface area contributed by atoms with Gasteiger partial charge in [0.15, 0.2) is 5.65 Å². The van der Waals surface area contributed by atoms with E-state index in [1.54, 1.807) is 30.1 Å². The number of aryl methyl sites for hydroxylation is 2. The molecule has 0 saturated heterocycles. The maximum absolute atomic E-state index is 12.4. The number of alkyl halides is 3. The van der Waals surface area contributed by atoms with Crippen LogP contribution in [0.25, 0.3) is 11.2 Å². The lowest BCUT2D eigenvalue weighted by Crippen LogP contribution is -2.18. The highest BCUT2D eigenvalue weighted by Gasteiger charge is 2.31. The van der Waals surface area contributed by atoms with Gasteiger partial charge in [-0.25, -0.2) is 15.0 Å². The van der Waals surface area contributed by atoms with Crippen molar-refractivity contribution in [2.24, 2.45) is 7.05 Å². The van der Waals surface area contributed by atoms with Gasteiger partial charge in [0.1, 0.15) is 17.1 Å². The zero-order valence-electron chi connectivity index (χ0n) is 23.7. The maximum Gasteiger partial charge on any atom is 0.573 e. The number of fused-ring (bicyclic) bond motifs is 1. The van der Waals surface area contributed by atoms with Crippen molar-refractivity contribution in [3.05, 3.63) is 60.7 Å². The van der Waals surface area contributed by atoms with Crippen LogP contribution in [0.5, 0.6) is 5.75 Å².